The molecule has 9 nitrogen and oxygen atoms in total. The molecule has 4 rings (SSSR count). The van der Waals surface area contributed by atoms with Crippen molar-refractivity contribution in [3.8, 4) is 0 Å². The SMILES string of the molecule is CC1C(CSc2cccc[n+]2[O-])OC(c2ccc(NC(=O)CCCC(=O)O)cc2)OC1c1ccc(CO)cc1. The Hall–Kier alpha value is -3.44. The summed E-state index contributed by atoms with van der Waals surface area (Å²) in [6, 6.07) is 20.1. The molecule has 0 bridgehead atoms. The third-order valence-electron chi connectivity index (χ3n) is 6.57. The number of aliphatic hydroxyl groups is 1. The summed E-state index contributed by atoms with van der Waals surface area (Å²) in [5, 5.41) is 33.7. The predicted octanol–water partition coefficient (Wildman–Crippen LogP) is 4.59. The molecule has 10 heteroatoms. The van der Waals surface area contributed by atoms with Crippen LogP contribution in [0.2, 0.25) is 0 Å². The van der Waals surface area contributed by atoms with Gasteiger partial charge in [0.15, 0.2) is 12.5 Å². The van der Waals surface area contributed by atoms with Gasteiger partial charge in [0.1, 0.15) is 0 Å². The highest BCUT2D eigenvalue weighted by molar-refractivity contribution is 7.99. The number of carboxylic acids is 1. The number of aromatic nitrogens is 1. The van der Waals surface area contributed by atoms with Crippen LogP contribution in [0.3, 0.4) is 0 Å². The van der Waals surface area contributed by atoms with Crippen LogP contribution >= 0.6 is 11.8 Å². The van der Waals surface area contributed by atoms with Gasteiger partial charge in [-0.05, 0) is 35.7 Å². The minimum Gasteiger partial charge on any atom is -0.618 e. The number of carbonyl (C=O) groups excluding carboxylic acids is 1. The van der Waals surface area contributed by atoms with E-state index in [1.807, 2.05) is 42.5 Å². The minimum absolute atomic E-state index is 0.0260. The highest BCUT2D eigenvalue weighted by Crippen LogP contribution is 2.43. The van der Waals surface area contributed by atoms with Gasteiger partial charge in [-0.2, -0.15) is 4.73 Å². The van der Waals surface area contributed by atoms with Crippen molar-refractivity contribution in [1.82, 2.24) is 0 Å². The van der Waals surface area contributed by atoms with Gasteiger partial charge in [0.25, 0.3) is 5.03 Å². The van der Waals surface area contributed by atoms with Gasteiger partial charge >= 0.3 is 5.97 Å². The van der Waals surface area contributed by atoms with Crippen molar-refractivity contribution in [2.24, 2.45) is 5.92 Å². The molecule has 206 valence electrons. The van der Waals surface area contributed by atoms with E-state index in [4.69, 9.17) is 14.6 Å². The number of benzene rings is 2. The smallest absolute Gasteiger partial charge is 0.303 e. The Balaban J connectivity index is 1.49. The summed E-state index contributed by atoms with van der Waals surface area (Å²) in [5.41, 5.74) is 3.14. The van der Waals surface area contributed by atoms with Crippen molar-refractivity contribution in [2.75, 3.05) is 11.1 Å². The lowest BCUT2D eigenvalue weighted by Crippen LogP contribution is -2.39. The highest BCUT2D eigenvalue weighted by atomic mass is 32.2. The number of aliphatic hydroxyl groups excluding tert-OH is 1. The number of nitrogens with zero attached hydrogens (tertiary/aromatic N) is 1. The summed E-state index contributed by atoms with van der Waals surface area (Å²) in [6.45, 7) is 2.02. The molecule has 3 aromatic rings. The number of nitrogens with one attached hydrogen (secondary N) is 1. The quantitative estimate of drug-likeness (QED) is 0.179. The molecule has 0 spiro atoms. The van der Waals surface area contributed by atoms with Crippen LogP contribution in [0.25, 0.3) is 0 Å². The van der Waals surface area contributed by atoms with E-state index >= 15 is 0 Å². The van der Waals surface area contributed by atoms with Crippen molar-refractivity contribution < 1.29 is 34.0 Å². The molecular formula is C29H32N2O7S. The van der Waals surface area contributed by atoms with Gasteiger partial charge in [-0.1, -0.05) is 55.1 Å². The van der Waals surface area contributed by atoms with E-state index in [1.54, 1.807) is 24.3 Å². The van der Waals surface area contributed by atoms with E-state index in [0.717, 1.165) is 21.4 Å². The molecule has 1 saturated heterocycles. The molecule has 4 atom stereocenters. The van der Waals surface area contributed by atoms with E-state index in [9.17, 15) is 19.9 Å². The predicted molar refractivity (Wildman–Crippen MR) is 146 cm³/mol. The third kappa shape index (κ3) is 7.79. The Morgan fingerprint density at radius 3 is 2.38 bits per heavy atom. The molecule has 1 fully saturated rings. The Labute approximate surface area is 231 Å². The second-order valence-corrected chi connectivity index (χ2v) is 10.5. The number of ether oxygens (including phenoxy) is 2. The Bertz CT molecular complexity index is 1250. The van der Waals surface area contributed by atoms with Crippen LogP contribution in [0.4, 0.5) is 5.69 Å². The molecule has 4 unspecified atom stereocenters. The zero-order chi connectivity index (χ0) is 27.8. The van der Waals surface area contributed by atoms with Crippen molar-refractivity contribution in [3.63, 3.8) is 0 Å². The van der Waals surface area contributed by atoms with E-state index < -0.39 is 12.3 Å². The average molecular weight is 553 g/mol. The zero-order valence-electron chi connectivity index (χ0n) is 21.6. The number of thioether (sulfide) groups is 1. The number of aliphatic carboxylic acids is 1. The maximum absolute atomic E-state index is 12.2. The first-order valence-corrected chi connectivity index (χ1v) is 13.8. The summed E-state index contributed by atoms with van der Waals surface area (Å²) in [6.07, 6.45) is 0.625. The summed E-state index contributed by atoms with van der Waals surface area (Å²) in [4.78, 5) is 22.8. The minimum atomic E-state index is -0.927. The number of anilines is 1. The van der Waals surface area contributed by atoms with Crippen molar-refractivity contribution in [1.29, 1.82) is 0 Å². The van der Waals surface area contributed by atoms with E-state index in [2.05, 4.69) is 12.2 Å². The van der Waals surface area contributed by atoms with Crippen molar-refractivity contribution in [2.45, 2.75) is 56.3 Å². The Morgan fingerprint density at radius 1 is 1.00 bits per heavy atom. The third-order valence-corrected chi connectivity index (χ3v) is 7.68. The molecule has 1 aliphatic heterocycles. The van der Waals surface area contributed by atoms with Gasteiger partial charge in [-0.3, -0.25) is 9.59 Å². The zero-order valence-corrected chi connectivity index (χ0v) is 22.4. The maximum atomic E-state index is 12.2. The number of hydrogen-bond acceptors (Lipinski definition) is 7. The number of rotatable bonds is 11. The van der Waals surface area contributed by atoms with Gasteiger partial charge in [-0.25, -0.2) is 0 Å². The van der Waals surface area contributed by atoms with Crippen LogP contribution in [0.1, 0.15) is 55.3 Å². The Morgan fingerprint density at radius 2 is 1.72 bits per heavy atom. The Kier molecular flexibility index (Phi) is 9.94. The van der Waals surface area contributed by atoms with E-state index in [0.29, 0.717) is 16.5 Å². The standard InChI is InChI=1S/C29H32N2O7S/c1-19-24(18-39-26-6-2-3-16-31(26)36)37-29(38-28(19)21-10-8-20(17-32)9-11-21)22-12-14-23(15-13-22)30-25(33)5-4-7-27(34)35/h2-3,6,8-16,19,24,28-29,32H,4-5,7,17-18H2,1H3,(H,30,33)(H,34,35). The summed E-state index contributed by atoms with van der Waals surface area (Å²) >= 11 is 1.43. The van der Waals surface area contributed by atoms with Crippen molar-refractivity contribution in [3.05, 3.63) is 94.8 Å². The number of carbonyl (C=O) groups is 2. The second kappa shape index (κ2) is 13.6. The molecule has 39 heavy (non-hydrogen) atoms. The molecule has 0 aliphatic carbocycles. The molecule has 1 aromatic heterocycles. The van der Waals surface area contributed by atoms with E-state index in [-0.39, 0.29) is 49.9 Å². The maximum Gasteiger partial charge on any atom is 0.303 e. The molecular weight excluding hydrogens is 520 g/mol. The summed E-state index contributed by atoms with van der Waals surface area (Å²) < 4.78 is 13.7. The van der Waals surface area contributed by atoms with Crippen LogP contribution in [0.5, 0.6) is 0 Å². The number of amides is 1. The topological polar surface area (TPSA) is 132 Å². The molecule has 0 saturated carbocycles. The highest BCUT2D eigenvalue weighted by Gasteiger charge is 2.38. The number of pyridine rings is 1. The molecule has 0 radical (unpaired) electrons. The lowest BCUT2D eigenvalue weighted by molar-refractivity contribution is -0.645. The largest absolute Gasteiger partial charge is 0.618 e. The monoisotopic (exact) mass is 552 g/mol. The first-order valence-electron chi connectivity index (χ1n) is 12.8. The lowest BCUT2D eigenvalue weighted by atomic mass is 9.91. The molecule has 1 aliphatic rings. The average Bonchev–Trinajstić information content (AvgIpc) is 2.93. The van der Waals surface area contributed by atoms with Gasteiger partial charge in [0.05, 0.1) is 18.8 Å². The molecule has 3 N–H and O–H groups in total. The van der Waals surface area contributed by atoms with Gasteiger partial charge in [0.2, 0.25) is 5.91 Å². The lowest BCUT2D eigenvalue weighted by Gasteiger charge is -2.41. The second-order valence-electron chi connectivity index (χ2n) is 9.42. The van der Waals surface area contributed by atoms with Gasteiger partial charge < -0.3 is 30.2 Å². The summed E-state index contributed by atoms with van der Waals surface area (Å²) in [5.74, 6) is -0.655. The van der Waals surface area contributed by atoms with Gasteiger partial charge in [-0.15, -0.1) is 0 Å². The fraction of sp³-hybridized carbons (Fsp3) is 0.345. The molecule has 2 heterocycles. The van der Waals surface area contributed by atoms with E-state index in [1.165, 1.54) is 18.0 Å². The number of hydrogen-bond donors (Lipinski definition) is 3. The van der Waals surface area contributed by atoms with Crippen LogP contribution in [0, 0.1) is 11.1 Å². The van der Waals surface area contributed by atoms with Crippen LogP contribution in [-0.2, 0) is 25.7 Å². The summed E-state index contributed by atoms with van der Waals surface area (Å²) in [7, 11) is 0. The molecule has 2 aromatic carbocycles. The first kappa shape index (κ1) is 28.6. The fourth-order valence-electron chi connectivity index (χ4n) is 4.35. The van der Waals surface area contributed by atoms with Crippen LogP contribution in [0.15, 0.2) is 78.0 Å². The fourth-order valence-corrected chi connectivity index (χ4v) is 5.43. The first-order chi connectivity index (χ1) is 18.8. The normalized spacial score (nSPS) is 20.9. The van der Waals surface area contributed by atoms with Gasteiger partial charge in [0, 0.05) is 47.9 Å². The number of carboxylic acid groups (broad SMARTS) is 1. The van der Waals surface area contributed by atoms with Crippen LogP contribution in [-0.4, -0.2) is 33.9 Å². The molecule has 1 amide bonds. The van der Waals surface area contributed by atoms with Crippen molar-refractivity contribution >= 4 is 29.3 Å². The van der Waals surface area contributed by atoms with Crippen LogP contribution < -0.4 is 10.0 Å².